The average Bonchev–Trinajstić information content (AvgIpc) is 3.11. The molecule has 1 aromatic carbocycles. The molecule has 0 aliphatic carbocycles. The minimum Gasteiger partial charge on any atom is -0.493 e. The van der Waals surface area contributed by atoms with E-state index >= 15 is 0 Å². The van der Waals surface area contributed by atoms with Gasteiger partial charge in [-0.25, -0.2) is 9.69 Å². The molecule has 1 aromatic rings. The minimum absolute atomic E-state index is 0.283. The van der Waals surface area contributed by atoms with E-state index in [9.17, 15) is 14.4 Å². The van der Waals surface area contributed by atoms with Crippen LogP contribution in [-0.4, -0.2) is 46.9 Å². The number of imide groups is 1. The zero-order valence-corrected chi connectivity index (χ0v) is 22.5. The Morgan fingerprint density at radius 2 is 1.92 bits per heavy atom. The molecule has 0 N–H and O–H groups in total. The first-order chi connectivity index (χ1) is 17.3. The molecule has 7 nitrogen and oxygen atoms in total. The van der Waals surface area contributed by atoms with Crippen molar-refractivity contribution in [1.29, 1.82) is 0 Å². The van der Waals surface area contributed by atoms with Gasteiger partial charge in [-0.1, -0.05) is 80.1 Å². The van der Waals surface area contributed by atoms with Crippen LogP contribution in [0.3, 0.4) is 0 Å². The topological polar surface area (TPSA) is 82.1 Å². The average molecular weight is 516 g/mol. The van der Waals surface area contributed by atoms with Crippen molar-refractivity contribution < 1.29 is 28.6 Å². The van der Waals surface area contributed by atoms with Crippen molar-refractivity contribution in [3.8, 4) is 5.75 Å². The summed E-state index contributed by atoms with van der Waals surface area (Å²) in [6.45, 7) is 12.0. The number of rotatable bonds is 14. The molecule has 8 heteroatoms. The van der Waals surface area contributed by atoms with E-state index in [1.807, 2.05) is 44.2 Å². The predicted molar refractivity (Wildman–Crippen MR) is 143 cm³/mol. The lowest BCUT2D eigenvalue weighted by Gasteiger charge is -2.16. The number of amides is 2. The second kappa shape index (κ2) is 15.2. The summed E-state index contributed by atoms with van der Waals surface area (Å²) in [5.74, 6) is 0.348. The maximum atomic E-state index is 12.7. The van der Waals surface area contributed by atoms with Crippen molar-refractivity contribution in [2.75, 3.05) is 13.3 Å². The highest BCUT2D eigenvalue weighted by atomic mass is 32.2. The Kier molecular flexibility index (Phi) is 12.3. The summed E-state index contributed by atoms with van der Waals surface area (Å²) in [6, 6.07) is 7.47. The van der Waals surface area contributed by atoms with Crippen molar-refractivity contribution >= 4 is 29.1 Å². The molecule has 2 atom stereocenters. The summed E-state index contributed by atoms with van der Waals surface area (Å²) in [7, 11) is 0. The molecule has 1 saturated heterocycles. The highest BCUT2D eigenvalue weighted by Gasteiger charge is 2.40. The Labute approximate surface area is 218 Å². The fraction of sp³-hybridized carbons (Fsp3) is 0.464. The molecule has 1 aliphatic rings. The van der Waals surface area contributed by atoms with Crippen LogP contribution in [0.5, 0.6) is 5.75 Å². The number of ether oxygens (including phenoxy) is 3. The van der Waals surface area contributed by atoms with Gasteiger partial charge < -0.3 is 14.2 Å². The third-order valence-corrected chi connectivity index (χ3v) is 6.73. The van der Waals surface area contributed by atoms with Crippen LogP contribution in [0.1, 0.15) is 58.9 Å². The first kappa shape index (κ1) is 29.2. The van der Waals surface area contributed by atoms with E-state index in [-0.39, 0.29) is 12.0 Å². The Morgan fingerprint density at radius 3 is 2.56 bits per heavy atom. The number of allylic oxidation sites excluding steroid dienone is 4. The summed E-state index contributed by atoms with van der Waals surface area (Å²) in [4.78, 5) is 37.7. The number of carbonyl (C=O) groups excluding carboxylic acids is 3. The van der Waals surface area contributed by atoms with Gasteiger partial charge in [-0.15, -0.1) is 0 Å². The molecule has 36 heavy (non-hydrogen) atoms. The largest absolute Gasteiger partial charge is 0.510 e. The lowest BCUT2D eigenvalue weighted by atomic mass is 10.1. The Hall–Kier alpha value is -3.00. The molecule has 0 bridgehead atoms. The first-order valence-corrected chi connectivity index (χ1v) is 13.2. The molecule has 1 fully saturated rings. The van der Waals surface area contributed by atoms with Crippen molar-refractivity contribution in [2.24, 2.45) is 0 Å². The zero-order chi connectivity index (χ0) is 26.5. The van der Waals surface area contributed by atoms with Crippen LogP contribution >= 0.6 is 11.8 Å². The second-order valence-electron chi connectivity index (χ2n) is 8.53. The van der Waals surface area contributed by atoms with E-state index in [2.05, 4.69) is 25.7 Å². The third-order valence-electron chi connectivity index (χ3n) is 5.66. The number of benzene rings is 1. The summed E-state index contributed by atoms with van der Waals surface area (Å²) in [5.41, 5.74) is 3.17. The lowest BCUT2D eigenvalue weighted by Crippen LogP contribution is -2.35. The van der Waals surface area contributed by atoms with Gasteiger partial charge in [-0.3, -0.25) is 9.59 Å². The first-order valence-electron chi connectivity index (χ1n) is 12.4. The van der Waals surface area contributed by atoms with Gasteiger partial charge in [0.05, 0.1) is 11.9 Å². The van der Waals surface area contributed by atoms with Gasteiger partial charge in [0.2, 0.25) is 5.91 Å². The molecule has 2 rings (SSSR count). The monoisotopic (exact) mass is 515 g/mol. The van der Waals surface area contributed by atoms with Crippen LogP contribution < -0.4 is 4.74 Å². The van der Waals surface area contributed by atoms with E-state index in [1.54, 1.807) is 6.92 Å². The Balaban J connectivity index is 1.78. The van der Waals surface area contributed by atoms with Crippen molar-refractivity contribution in [2.45, 2.75) is 71.2 Å². The summed E-state index contributed by atoms with van der Waals surface area (Å²) in [5, 5.41) is -1.00. The highest BCUT2D eigenvalue weighted by Crippen LogP contribution is 2.30. The van der Waals surface area contributed by atoms with Crippen molar-refractivity contribution in [1.82, 2.24) is 4.90 Å². The van der Waals surface area contributed by atoms with E-state index in [0.29, 0.717) is 19.4 Å². The molecule has 1 heterocycles. The number of hydrogen-bond donors (Lipinski definition) is 0. The quantitative estimate of drug-likeness (QED) is 0.198. The highest BCUT2D eigenvalue weighted by molar-refractivity contribution is 8.15. The zero-order valence-electron chi connectivity index (χ0n) is 21.7. The Morgan fingerprint density at radius 1 is 1.19 bits per heavy atom. The van der Waals surface area contributed by atoms with Gasteiger partial charge in [0, 0.05) is 6.42 Å². The molecule has 2 unspecified atom stereocenters. The third kappa shape index (κ3) is 9.57. The van der Waals surface area contributed by atoms with Gasteiger partial charge in [0.1, 0.15) is 11.9 Å². The number of nitrogens with zero attached hydrogens (tertiary/aromatic N) is 1. The van der Waals surface area contributed by atoms with Crippen molar-refractivity contribution in [3.63, 3.8) is 0 Å². The molecule has 0 spiro atoms. The van der Waals surface area contributed by atoms with Crippen LogP contribution in [0.25, 0.3) is 0 Å². The lowest BCUT2D eigenvalue weighted by molar-refractivity contribution is -0.129. The van der Waals surface area contributed by atoms with Crippen LogP contribution in [-0.2, 0) is 20.7 Å². The van der Waals surface area contributed by atoms with Gasteiger partial charge in [0.25, 0.3) is 5.24 Å². The van der Waals surface area contributed by atoms with Gasteiger partial charge in [-0.05, 0) is 50.8 Å². The van der Waals surface area contributed by atoms with Crippen LogP contribution in [0.2, 0.25) is 0 Å². The summed E-state index contributed by atoms with van der Waals surface area (Å²) >= 11 is 0.935. The van der Waals surface area contributed by atoms with E-state index < -0.39 is 23.4 Å². The molecule has 0 saturated carbocycles. The van der Waals surface area contributed by atoms with Crippen LogP contribution in [0.15, 0.2) is 60.2 Å². The van der Waals surface area contributed by atoms with E-state index in [1.165, 1.54) is 5.57 Å². The van der Waals surface area contributed by atoms with Gasteiger partial charge in [0.15, 0.2) is 6.73 Å². The van der Waals surface area contributed by atoms with E-state index in [4.69, 9.17) is 14.2 Å². The molecule has 2 amide bonds. The maximum absolute atomic E-state index is 12.7. The summed E-state index contributed by atoms with van der Waals surface area (Å²) < 4.78 is 15.9. The molecular weight excluding hydrogens is 478 g/mol. The molecule has 1 aliphatic heterocycles. The number of hydrogen-bond acceptors (Lipinski definition) is 7. The molecular formula is C28H37NO6S. The number of carbonyl (C=O) groups is 3. The Bertz CT molecular complexity index is 969. The molecule has 0 radical (unpaired) electrons. The minimum atomic E-state index is -0.885. The summed E-state index contributed by atoms with van der Waals surface area (Å²) in [6.07, 6.45) is 8.69. The van der Waals surface area contributed by atoms with Crippen LogP contribution in [0.4, 0.5) is 9.59 Å². The number of thioether (sulfide) groups is 1. The second-order valence-corrected chi connectivity index (χ2v) is 9.69. The fourth-order valence-corrected chi connectivity index (χ4v) is 4.51. The van der Waals surface area contributed by atoms with Gasteiger partial charge in [-0.2, -0.15) is 0 Å². The standard InChI is InChI=1S/C28H37NO6S/c1-6-9-21(5)35-28(32)34-19-29-26(30)25(36-27(29)31)18-23-12-14-24(15-13-23)33-17-16-20(4)10-11-22(7-2)8-3/h7,10-15,21,25H,4,6,8-9,16-19H2,1-3,5H3/b11-10-,22-7-. The SMILES string of the molecule is C=C(/C=C\C(=C/C)CC)CCOc1ccc(CC2SC(=O)N(COC(=O)OC(C)CCC)C2=O)cc1. The van der Waals surface area contributed by atoms with E-state index in [0.717, 1.165) is 52.8 Å². The smallest absolute Gasteiger partial charge is 0.493 e. The normalized spacial score (nSPS) is 16.9. The van der Waals surface area contributed by atoms with Gasteiger partial charge >= 0.3 is 6.16 Å². The molecule has 0 aromatic heterocycles. The van der Waals surface area contributed by atoms with Crippen LogP contribution in [0, 0.1) is 0 Å². The molecule has 196 valence electrons. The maximum Gasteiger partial charge on any atom is 0.510 e. The predicted octanol–water partition coefficient (Wildman–Crippen LogP) is 6.83. The van der Waals surface area contributed by atoms with Crippen molar-refractivity contribution in [3.05, 3.63) is 65.8 Å². The fourth-order valence-electron chi connectivity index (χ4n) is 3.49.